The molecule has 5 nitrogen and oxygen atoms in total. The maximum atomic E-state index is 12.4. The van der Waals surface area contributed by atoms with Crippen LogP contribution in [0.5, 0.6) is 5.75 Å². The number of sulfonamides is 1. The molecule has 2 aliphatic rings. The standard InChI is InChI=1S/C19H28N2O3S.ClH/c22-25(23,21-14-16-10-12-20-13-11-16)19-8-6-18(7-9-19)24-15-17-4-2-1-3-5-17;/h6-10,17,20-21H,1-5,11-15H2;1H. The van der Waals surface area contributed by atoms with Crippen LogP contribution in [-0.2, 0) is 10.0 Å². The van der Waals surface area contributed by atoms with Gasteiger partial charge < -0.3 is 10.1 Å². The summed E-state index contributed by atoms with van der Waals surface area (Å²) >= 11 is 0. The smallest absolute Gasteiger partial charge is 0.240 e. The molecule has 3 rings (SSSR count). The topological polar surface area (TPSA) is 67.4 Å². The van der Waals surface area contributed by atoms with Gasteiger partial charge in [0.25, 0.3) is 0 Å². The van der Waals surface area contributed by atoms with Crippen LogP contribution >= 0.6 is 12.4 Å². The molecule has 0 radical (unpaired) electrons. The molecule has 1 aliphatic heterocycles. The second-order valence-corrected chi connectivity index (χ2v) is 8.69. The molecule has 1 aliphatic carbocycles. The minimum atomic E-state index is -3.48. The molecule has 1 heterocycles. The first-order chi connectivity index (χ1) is 12.1. The minimum Gasteiger partial charge on any atom is -0.493 e. The van der Waals surface area contributed by atoms with Crippen LogP contribution in [0.25, 0.3) is 0 Å². The van der Waals surface area contributed by atoms with Gasteiger partial charge >= 0.3 is 0 Å². The van der Waals surface area contributed by atoms with Crippen molar-refractivity contribution in [3.63, 3.8) is 0 Å². The summed E-state index contributed by atoms with van der Waals surface area (Å²) in [4.78, 5) is 0.284. The number of rotatable bonds is 7. The van der Waals surface area contributed by atoms with Gasteiger partial charge in [0.15, 0.2) is 0 Å². The highest BCUT2D eigenvalue weighted by Gasteiger charge is 2.16. The Hall–Kier alpha value is -1.08. The van der Waals surface area contributed by atoms with Gasteiger partial charge in [-0.1, -0.05) is 30.9 Å². The Morgan fingerprint density at radius 3 is 2.50 bits per heavy atom. The van der Waals surface area contributed by atoms with Crippen molar-refractivity contribution in [3.05, 3.63) is 35.9 Å². The Morgan fingerprint density at radius 2 is 1.85 bits per heavy atom. The monoisotopic (exact) mass is 400 g/mol. The third kappa shape index (κ3) is 6.27. The number of hydrogen-bond acceptors (Lipinski definition) is 4. The van der Waals surface area contributed by atoms with Gasteiger partial charge in [-0.3, -0.25) is 0 Å². The summed E-state index contributed by atoms with van der Waals surface area (Å²) in [7, 11) is -3.48. The van der Waals surface area contributed by atoms with Crippen LogP contribution < -0.4 is 14.8 Å². The molecule has 0 aromatic heterocycles. The second-order valence-electron chi connectivity index (χ2n) is 6.93. The van der Waals surface area contributed by atoms with Crippen molar-refractivity contribution in [2.24, 2.45) is 5.92 Å². The molecule has 1 fully saturated rings. The molecule has 2 N–H and O–H groups in total. The predicted octanol–water partition coefficient (Wildman–Crippen LogP) is 3.27. The van der Waals surface area contributed by atoms with E-state index in [0.717, 1.165) is 37.4 Å². The van der Waals surface area contributed by atoms with Gasteiger partial charge in [-0.05, 0) is 56.0 Å². The van der Waals surface area contributed by atoms with Gasteiger partial charge in [0.2, 0.25) is 10.0 Å². The van der Waals surface area contributed by atoms with Crippen molar-refractivity contribution in [1.29, 1.82) is 0 Å². The van der Waals surface area contributed by atoms with E-state index < -0.39 is 10.0 Å². The zero-order chi connectivity index (χ0) is 17.5. The summed E-state index contributed by atoms with van der Waals surface area (Å²) < 4.78 is 33.3. The predicted molar refractivity (Wildman–Crippen MR) is 107 cm³/mol. The lowest BCUT2D eigenvalue weighted by atomic mass is 9.90. The van der Waals surface area contributed by atoms with Crippen LogP contribution in [0.15, 0.2) is 40.8 Å². The molecule has 1 aromatic rings. The molecular formula is C19H29ClN2O3S. The number of nitrogens with one attached hydrogen (secondary N) is 2. The number of ether oxygens (including phenoxy) is 1. The fourth-order valence-electron chi connectivity index (χ4n) is 3.38. The molecule has 0 atom stereocenters. The molecule has 0 bridgehead atoms. The van der Waals surface area contributed by atoms with Crippen molar-refractivity contribution in [3.8, 4) is 5.75 Å². The highest BCUT2D eigenvalue weighted by molar-refractivity contribution is 7.89. The molecule has 0 amide bonds. The van der Waals surface area contributed by atoms with E-state index in [1.54, 1.807) is 24.3 Å². The maximum absolute atomic E-state index is 12.4. The summed E-state index contributed by atoms with van der Waals surface area (Å²) in [6, 6.07) is 6.74. The van der Waals surface area contributed by atoms with E-state index in [2.05, 4.69) is 10.0 Å². The molecule has 26 heavy (non-hydrogen) atoms. The fourth-order valence-corrected chi connectivity index (χ4v) is 4.42. The highest BCUT2D eigenvalue weighted by Crippen LogP contribution is 2.25. The quantitative estimate of drug-likeness (QED) is 0.689. The van der Waals surface area contributed by atoms with Gasteiger partial charge in [-0.15, -0.1) is 12.4 Å². The van der Waals surface area contributed by atoms with Crippen molar-refractivity contribution < 1.29 is 13.2 Å². The molecule has 1 saturated carbocycles. The van der Waals surface area contributed by atoms with Gasteiger partial charge in [0.05, 0.1) is 11.5 Å². The number of halogens is 1. The van der Waals surface area contributed by atoms with Crippen LogP contribution in [0.2, 0.25) is 0 Å². The number of benzene rings is 1. The van der Waals surface area contributed by atoms with E-state index >= 15 is 0 Å². The Kier molecular flexibility index (Phi) is 8.41. The highest BCUT2D eigenvalue weighted by atomic mass is 35.5. The van der Waals surface area contributed by atoms with Crippen molar-refractivity contribution in [2.75, 3.05) is 26.2 Å². The second kappa shape index (κ2) is 10.3. The summed E-state index contributed by atoms with van der Waals surface area (Å²) in [6.07, 6.45) is 9.34. The molecule has 7 heteroatoms. The van der Waals surface area contributed by atoms with Gasteiger partial charge in [0, 0.05) is 13.1 Å². The van der Waals surface area contributed by atoms with Crippen LogP contribution in [0.3, 0.4) is 0 Å². The molecular weight excluding hydrogens is 372 g/mol. The molecule has 1 aromatic carbocycles. The Balaban J connectivity index is 0.00000243. The lowest BCUT2D eigenvalue weighted by Crippen LogP contribution is -2.29. The largest absolute Gasteiger partial charge is 0.493 e. The summed E-state index contributed by atoms with van der Waals surface area (Å²) in [6.45, 7) is 2.82. The Labute approximate surface area is 163 Å². The fraction of sp³-hybridized carbons (Fsp3) is 0.579. The summed E-state index contributed by atoms with van der Waals surface area (Å²) in [5, 5.41) is 3.22. The lowest BCUT2D eigenvalue weighted by Gasteiger charge is -2.21. The maximum Gasteiger partial charge on any atom is 0.240 e. The van der Waals surface area contributed by atoms with Gasteiger partial charge in [-0.25, -0.2) is 13.1 Å². The first-order valence-corrected chi connectivity index (χ1v) is 10.7. The molecule has 0 spiro atoms. The van der Waals surface area contributed by atoms with Crippen molar-refractivity contribution in [2.45, 2.75) is 43.4 Å². The molecule has 0 saturated heterocycles. The Bertz CT molecular complexity index is 683. The van der Waals surface area contributed by atoms with E-state index in [9.17, 15) is 8.42 Å². The van der Waals surface area contributed by atoms with Crippen molar-refractivity contribution >= 4 is 22.4 Å². The summed E-state index contributed by atoms with van der Waals surface area (Å²) in [5.74, 6) is 1.38. The molecule has 146 valence electrons. The van der Waals surface area contributed by atoms with Crippen LogP contribution in [-0.4, -0.2) is 34.7 Å². The SMILES string of the molecule is Cl.O=S(=O)(NCC1=CCNCC1)c1ccc(OCC2CCCCC2)cc1. The van der Waals surface area contributed by atoms with E-state index in [0.29, 0.717) is 12.5 Å². The van der Waals surface area contributed by atoms with E-state index in [1.807, 2.05) is 6.08 Å². The third-order valence-corrected chi connectivity index (χ3v) is 6.41. The third-order valence-electron chi connectivity index (χ3n) is 4.99. The normalized spacial score (nSPS) is 18.7. The van der Waals surface area contributed by atoms with Crippen LogP contribution in [0.1, 0.15) is 38.5 Å². The lowest BCUT2D eigenvalue weighted by molar-refractivity contribution is 0.209. The van der Waals surface area contributed by atoms with E-state index in [4.69, 9.17) is 4.74 Å². The van der Waals surface area contributed by atoms with Crippen LogP contribution in [0.4, 0.5) is 0 Å². The molecule has 0 unspecified atom stereocenters. The van der Waals surface area contributed by atoms with Gasteiger partial charge in [0.1, 0.15) is 5.75 Å². The van der Waals surface area contributed by atoms with Crippen molar-refractivity contribution in [1.82, 2.24) is 10.0 Å². The van der Waals surface area contributed by atoms with Crippen LogP contribution in [0, 0.1) is 5.92 Å². The average molecular weight is 401 g/mol. The first kappa shape index (κ1) is 21.2. The van der Waals surface area contributed by atoms with E-state index in [1.165, 1.54) is 32.1 Å². The first-order valence-electron chi connectivity index (χ1n) is 9.25. The summed E-state index contributed by atoms with van der Waals surface area (Å²) in [5.41, 5.74) is 1.13. The Morgan fingerprint density at radius 1 is 1.12 bits per heavy atom. The average Bonchev–Trinajstić information content (AvgIpc) is 2.67. The zero-order valence-corrected chi connectivity index (χ0v) is 16.7. The number of hydrogen-bond donors (Lipinski definition) is 2. The van der Waals surface area contributed by atoms with E-state index in [-0.39, 0.29) is 17.3 Å². The van der Waals surface area contributed by atoms with Gasteiger partial charge in [-0.2, -0.15) is 0 Å². The zero-order valence-electron chi connectivity index (χ0n) is 15.1. The minimum absolute atomic E-state index is 0.